The number of carbonyl (C=O) groups is 2. The molecule has 2 N–H and O–H groups in total. The number of amides is 1. The normalized spacial score (nSPS) is 15.7. The lowest BCUT2D eigenvalue weighted by Gasteiger charge is -2.17. The molecule has 0 heterocycles. The molecule has 1 aliphatic rings. The van der Waals surface area contributed by atoms with Gasteiger partial charge in [0.05, 0.1) is 10.5 Å². The average Bonchev–Trinajstić information content (AvgIpc) is 3.11. The molecule has 1 atom stereocenters. The SMILES string of the molecule is C[C@@H](OC(=O)CNc1ccc(C(F)(F)F)cc1[N+](=O)[O-])C(=O)NC1CCCC1. The number of ether oxygens (including phenoxy) is 1. The van der Waals surface area contributed by atoms with Crippen LogP contribution in [0.3, 0.4) is 0 Å². The van der Waals surface area contributed by atoms with E-state index >= 15 is 0 Å². The van der Waals surface area contributed by atoms with Crippen LogP contribution in [-0.4, -0.2) is 35.5 Å². The van der Waals surface area contributed by atoms with Crippen molar-refractivity contribution in [2.45, 2.75) is 50.9 Å². The zero-order valence-electron chi connectivity index (χ0n) is 15.0. The second-order valence-electron chi connectivity index (χ2n) is 6.46. The number of nitro benzene ring substituents is 1. The molecule has 0 saturated heterocycles. The summed E-state index contributed by atoms with van der Waals surface area (Å²) in [6.07, 6.45) is -2.01. The molecule has 0 aromatic heterocycles. The Morgan fingerprint density at radius 3 is 2.54 bits per heavy atom. The van der Waals surface area contributed by atoms with Gasteiger partial charge in [0, 0.05) is 12.1 Å². The van der Waals surface area contributed by atoms with Crippen LogP contribution in [0.2, 0.25) is 0 Å². The topological polar surface area (TPSA) is 111 Å². The number of alkyl halides is 3. The number of nitrogens with zero attached hydrogens (tertiary/aromatic N) is 1. The Morgan fingerprint density at radius 2 is 1.96 bits per heavy atom. The van der Waals surface area contributed by atoms with E-state index in [0.29, 0.717) is 12.1 Å². The maximum atomic E-state index is 12.7. The minimum Gasteiger partial charge on any atom is -0.451 e. The molecule has 1 aromatic carbocycles. The van der Waals surface area contributed by atoms with Gasteiger partial charge >= 0.3 is 12.1 Å². The standard InChI is InChI=1S/C17H20F3N3O5/c1-10(16(25)22-12-4-2-3-5-12)28-15(24)9-21-13-7-6-11(17(18,19)20)8-14(13)23(26)27/h6-8,10,12,21H,2-5,9H2,1H3,(H,22,25)/t10-/m1/s1. The highest BCUT2D eigenvalue weighted by Gasteiger charge is 2.33. The molecular weight excluding hydrogens is 383 g/mol. The maximum absolute atomic E-state index is 12.7. The van der Waals surface area contributed by atoms with E-state index < -0.39 is 46.9 Å². The summed E-state index contributed by atoms with van der Waals surface area (Å²) >= 11 is 0. The second kappa shape index (κ2) is 8.89. The molecule has 28 heavy (non-hydrogen) atoms. The van der Waals surface area contributed by atoms with Gasteiger partial charge in [-0.2, -0.15) is 13.2 Å². The van der Waals surface area contributed by atoms with Gasteiger partial charge in [-0.3, -0.25) is 19.7 Å². The van der Waals surface area contributed by atoms with Crippen LogP contribution >= 0.6 is 0 Å². The lowest BCUT2D eigenvalue weighted by atomic mass is 10.1. The van der Waals surface area contributed by atoms with Gasteiger partial charge in [-0.25, -0.2) is 0 Å². The number of halogens is 3. The van der Waals surface area contributed by atoms with Crippen molar-refractivity contribution in [2.75, 3.05) is 11.9 Å². The number of benzene rings is 1. The van der Waals surface area contributed by atoms with Crippen molar-refractivity contribution in [3.63, 3.8) is 0 Å². The van der Waals surface area contributed by atoms with Crippen LogP contribution in [-0.2, 0) is 20.5 Å². The summed E-state index contributed by atoms with van der Waals surface area (Å²) in [5, 5.41) is 16.2. The smallest absolute Gasteiger partial charge is 0.416 e. The number of hydrogen-bond acceptors (Lipinski definition) is 6. The summed E-state index contributed by atoms with van der Waals surface area (Å²) in [6.45, 7) is 0.843. The summed E-state index contributed by atoms with van der Waals surface area (Å²) < 4.78 is 43.0. The minimum absolute atomic E-state index is 0.0570. The predicted molar refractivity (Wildman–Crippen MR) is 92.5 cm³/mol. The highest BCUT2D eigenvalue weighted by Crippen LogP contribution is 2.34. The summed E-state index contributed by atoms with van der Waals surface area (Å²) in [5.41, 5.74) is -2.27. The van der Waals surface area contributed by atoms with E-state index in [9.17, 15) is 32.9 Å². The fourth-order valence-corrected chi connectivity index (χ4v) is 2.86. The predicted octanol–water partition coefficient (Wildman–Crippen LogP) is 3.02. The van der Waals surface area contributed by atoms with Gasteiger partial charge in [-0.1, -0.05) is 12.8 Å². The molecule has 0 spiro atoms. The first-order valence-corrected chi connectivity index (χ1v) is 8.67. The Balaban J connectivity index is 1.92. The van der Waals surface area contributed by atoms with Crippen LogP contribution < -0.4 is 10.6 Å². The Labute approximate surface area is 158 Å². The third kappa shape index (κ3) is 5.83. The highest BCUT2D eigenvalue weighted by atomic mass is 19.4. The van der Waals surface area contributed by atoms with Gasteiger partial charge in [0.15, 0.2) is 6.10 Å². The molecule has 1 saturated carbocycles. The molecule has 0 bridgehead atoms. The van der Waals surface area contributed by atoms with Crippen molar-refractivity contribution in [1.82, 2.24) is 5.32 Å². The lowest BCUT2D eigenvalue weighted by Crippen LogP contribution is -2.41. The first-order valence-electron chi connectivity index (χ1n) is 8.67. The largest absolute Gasteiger partial charge is 0.451 e. The van der Waals surface area contributed by atoms with Crippen molar-refractivity contribution in [3.05, 3.63) is 33.9 Å². The van der Waals surface area contributed by atoms with Gasteiger partial charge in [0.2, 0.25) is 0 Å². The van der Waals surface area contributed by atoms with Gasteiger partial charge in [-0.15, -0.1) is 0 Å². The monoisotopic (exact) mass is 403 g/mol. The third-order valence-electron chi connectivity index (χ3n) is 4.32. The maximum Gasteiger partial charge on any atom is 0.416 e. The Kier molecular flexibility index (Phi) is 6.81. The van der Waals surface area contributed by atoms with Gasteiger partial charge in [0.25, 0.3) is 11.6 Å². The zero-order valence-corrected chi connectivity index (χ0v) is 15.0. The van der Waals surface area contributed by atoms with Crippen molar-refractivity contribution in [2.24, 2.45) is 0 Å². The molecule has 11 heteroatoms. The molecule has 0 unspecified atom stereocenters. The fraction of sp³-hybridized carbons (Fsp3) is 0.529. The number of rotatable bonds is 7. The summed E-state index contributed by atoms with van der Waals surface area (Å²) in [7, 11) is 0. The van der Waals surface area contributed by atoms with E-state index in [1.807, 2.05) is 0 Å². The lowest BCUT2D eigenvalue weighted by molar-refractivity contribution is -0.384. The van der Waals surface area contributed by atoms with Crippen molar-refractivity contribution in [3.8, 4) is 0 Å². The molecule has 2 rings (SSSR count). The van der Waals surface area contributed by atoms with Crippen LogP contribution in [0.25, 0.3) is 0 Å². The van der Waals surface area contributed by atoms with Crippen LogP contribution in [0.5, 0.6) is 0 Å². The second-order valence-corrected chi connectivity index (χ2v) is 6.46. The Morgan fingerprint density at radius 1 is 1.32 bits per heavy atom. The molecule has 1 amide bonds. The first-order chi connectivity index (χ1) is 13.1. The van der Waals surface area contributed by atoms with Crippen molar-refractivity contribution < 1.29 is 32.4 Å². The molecule has 0 radical (unpaired) electrons. The molecular formula is C17H20F3N3O5. The summed E-state index contributed by atoms with van der Waals surface area (Å²) in [5.74, 6) is -1.32. The van der Waals surface area contributed by atoms with Gasteiger partial charge < -0.3 is 15.4 Å². The molecule has 1 fully saturated rings. The van der Waals surface area contributed by atoms with E-state index in [-0.39, 0.29) is 11.7 Å². The van der Waals surface area contributed by atoms with E-state index in [2.05, 4.69) is 10.6 Å². The van der Waals surface area contributed by atoms with Crippen molar-refractivity contribution in [1.29, 1.82) is 0 Å². The minimum atomic E-state index is -4.73. The Hall–Kier alpha value is -2.85. The van der Waals surface area contributed by atoms with Crippen LogP contribution in [0, 0.1) is 10.1 Å². The van der Waals surface area contributed by atoms with E-state index in [0.717, 1.165) is 31.7 Å². The average molecular weight is 403 g/mol. The number of hydrogen-bond donors (Lipinski definition) is 2. The molecule has 0 aliphatic heterocycles. The summed E-state index contributed by atoms with van der Waals surface area (Å²) in [4.78, 5) is 33.9. The third-order valence-corrected chi connectivity index (χ3v) is 4.32. The Bertz CT molecular complexity index is 748. The fourth-order valence-electron chi connectivity index (χ4n) is 2.86. The number of esters is 1. The highest BCUT2D eigenvalue weighted by molar-refractivity contribution is 5.85. The quantitative estimate of drug-likeness (QED) is 0.411. The molecule has 8 nitrogen and oxygen atoms in total. The zero-order chi connectivity index (χ0) is 20.9. The van der Waals surface area contributed by atoms with Gasteiger partial charge in [0.1, 0.15) is 12.2 Å². The van der Waals surface area contributed by atoms with E-state index in [1.54, 1.807) is 0 Å². The number of carbonyl (C=O) groups excluding carboxylic acids is 2. The van der Waals surface area contributed by atoms with Gasteiger partial charge in [-0.05, 0) is 31.9 Å². The molecule has 1 aliphatic carbocycles. The van der Waals surface area contributed by atoms with Crippen LogP contribution in [0.15, 0.2) is 18.2 Å². The summed E-state index contributed by atoms with van der Waals surface area (Å²) in [6, 6.07) is 1.97. The van der Waals surface area contributed by atoms with Crippen LogP contribution in [0.4, 0.5) is 24.5 Å². The van der Waals surface area contributed by atoms with E-state index in [1.165, 1.54) is 6.92 Å². The van der Waals surface area contributed by atoms with E-state index in [4.69, 9.17) is 4.74 Å². The van der Waals surface area contributed by atoms with Crippen molar-refractivity contribution >= 4 is 23.3 Å². The van der Waals surface area contributed by atoms with Crippen LogP contribution in [0.1, 0.15) is 38.2 Å². The number of nitrogens with one attached hydrogen (secondary N) is 2. The first kappa shape index (κ1) is 21.5. The number of anilines is 1. The molecule has 1 aromatic rings. The number of nitro groups is 1. The molecule has 154 valence electrons.